The van der Waals surface area contributed by atoms with Gasteiger partial charge in [-0.1, -0.05) is 13.8 Å². The molecule has 0 saturated carbocycles. The van der Waals surface area contributed by atoms with E-state index in [1.807, 2.05) is 17.8 Å². The molecule has 0 aliphatic carbocycles. The summed E-state index contributed by atoms with van der Waals surface area (Å²) in [6, 6.07) is 5.43. The zero-order valence-corrected chi connectivity index (χ0v) is 12.5. The minimum absolute atomic E-state index is 0.169. The molecule has 1 rings (SSSR count). The fourth-order valence-electron chi connectivity index (χ4n) is 1.73. The Morgan fingerprint density at radius 3 is 2.72 bits per heavy atom. The van der Waals surface area contributed by atoms with Gasteiger partial charge < -0.3 is 10.2 Å². The maximum atomic E-state index is 13.3. The minimum atomic E-state index is -0.169. The van der Waals surface area contributed by atoms with Crippen LogP contribution in [0, 0.1) is 5.82 Å². The Kier molecular flexibility index (Phi) is 6.50. The van der Waals surface area contributed by atoms with E-state index in [2.05, 4.69) is 37.4 Å². The van der Waals surface area contributed by atoms with Gasteiger partial charge in [0.2, 0.25) is 0 Å². The maximum Gasteiger partial charge on any atom is 0.123 e. The number of hydrogen-bond donors (Lipinski definition) is 1. The van der Waals surface area contributed by atoms with Crippen molar-refractivity contribution in [2.45, 2.75) is 26.4 Å². The normalized spacial score (nSPS) is 11.0. The van der Waals surface area contributed by atoms with Gasteiger partial charge in [-0.05, 0) is 30.0 Å². The van der Waals surface area contributed by atoms with Crippen LogP contribution in [0.4, 0.5) is 10.1 Å². The molecule has 4 heteroatoms. The third-order valence-corrected chi connectivity index (χ3v) is 3.38. The number of anilines is 1. The van der Waals surface area contributed by atoms with E-state index in [1.165, 1.54) is 6.07 Å². The van der Waals surface area contributed by atoms with Crippen LogP contribution in [0.3, 0.4) is 0 Å². The summed E-state index contributed by atoms with van der Waals surface area (Å²) in [6.45, 7) is 5.86. The lowest BCUT2D eigenvalue weighted by molar-refractivity contribution is 0.581. The van der Waals surface area contributed by atoms with E-state index in [-0.39, 0.29) is 5.82 Å². The Labute approximate surface area is 114 Å². The van der Waals surface area contributed by atoms with Crippen molar-refractivity contribution >= 4 is 17.4 Å². The van der Waals surface area contributed by atoms with Crippen molar-refractivity contribution in [2.24, 2.45) is 0 Å². The van der Waals surface area contributed by atoms with Crippen LogP contribution in [0.25, 0.3) is 0 Å². The Morgan fingerprint density at radius 1 is 1.39 bits per heavy atom. The van der Waals surface area contributed by atoms with E-state index < -0.39 is 0 Å². The molecule has 2 nitrogen and oxygen atoms in total. The molecule has 1 aromatic carbocycles. The van der Waals surface area contributed by atoms with Crippen LogP contribution in [-0.2, 0) is 6.54 Å². The predicted octanol–water partition coefficient (Wildman–Crippen LogP) is 3.12. The van der Waals surface area contributed by atoms with Crippen LogP contribution in [0.5, 0.6) is 0 Å². The maximum absolute atomic E-state index is 13.3. The van der Waals surface area contributed by atoms with E-state index in [0.717, 1.165) is 23.5 Å². The first kappa shape index (κ1) is 15.3. The van der Waals surface area contributed by atoms with Crippen LogP contribution in [0.2, 0.25) is 0 Å². The number of thioether (sulfide) groups is 1. The summed E-state index contributed by atoms with van der Waals surface area (Å²) < 4.78 is 13.3. The highest BCUT2D eigenvalue weighted by molar-refractivity contribution is 7.98. The lowest BCUT2D eigenvalue weighted by Gasteiger charge is -2.23. The number of rotatable bonds is 7. The van der Waals surface area contributed by atoms with Gasteiger partial charge in [-0.15, -0.1) is 0 Å². The van der Waals surface area contributed by atoms with Crippen molar-refractivity contribution in [2.75, 3.05) is 30.5 Å². The van der Waals surface area contributed by atoms with E-state index in [9.17, 15) is 4.39 Å². The van der Waals surface area contributed by atoms with Crippen molar-refractivity contribution in [3.05, 3.63) is 29.6 Å². The topological polar surface area (TPSA) is 15.3 Å². The van der Waals surface area contributed by atoms with Gasteiger partial charge in [-0.2, -0.15) is 11.8 Å². The fourth-order valence-corrected chi connectivity index (χ4v) is 2.19. The van der Waals surface area contributed by atoms with Gasteiger partial charge in [0.15, 0.2) is 0 Å². The number of hydrogen-bond acceptors (Lipinski definition) is 3. The van der Waals surface area contributed by atoms with Crippen molar-refractivity contribution in [1.29, 1.82) is 0 Å². The molecule has 102 valence electrons. The average molecular weight is 270 g/mol. The Balaban J connectivity index is 2.81. The molecule has 0 radical (unpaired) electrons. The molecule has 0 atom stereocenters. The molecule has 0 fully saturated rings. The molecule has 0 aliphatic rings. The highest BCUT2D eigenvalue weighted by atomic mass is 32.2. The zero-order chi connectivity index (χ0) is 13.5. The summed E-state index contributed by atoms with van der Waals surface area (Å²) in [6.07, 6.45) is 2.10. The summed E-state index contributed by atoms with van der Waals surface area (Å²) in [5, 5.41) is 3.34. The standard InChI is InChI=1S/C14H23FN2S/c1-11(2)16-10-12-9-13(15)5-6-14(12)17(3)7-8-18-4/h5-6,9,11,16H,7-8,10H2,1-4H3. The van der Waals surface area contributed by atoms with Crippen molar-refractivity contribution < 1.29 is 4.39 Å². The van der Waals surface area contributed by atoms with Gasteiger partial charge in [0.25, 0.3) is 0 Å². The molecule has 0 saturated heterocycles. The summed E-state index contributed by atoms with van der Waals surface area (Å²) in [5.74, 6) is 0.905. The van der Waals surface area contributed by atoms with E-state index in [4.69, 9.17) is 0 Å². The minimum Gasteiger partial charge on any atom is -0.374 e. The number of nitrogens with one attached hydrogen (secondary N) is 1. The zero-order valence-electron chi connectivity index (χ0n) is 11.7. The van der Waals surface area contributed by atoms with E-state index >= 15 is 0 Å². The summed E-state index contributed by atoms with van der Waals surface area (Å²) in [4.78, 5) is 2.19. The molecule has 1 aromatic rings. The molecule has 0 amide bonds. The second-order valence-corrected chi connectivity index (χ2v) is 5.71. The molecule has 0 heterocycles. The first-order chi connectivity index (χ1) is 8.54. The quantitative estimate of drug-likeness (QED) is 0.819. The van der Waals surface area contributed by atoms with Crippen LogP contribution >= 0.6 is 11.8 Å². The fraction of sp³-hybridized carbons (Fsp3) is 0.571. The van der Waals surface area contributed by atoms with Gasteiger partial charge in [0.05, 0.1) is 0 Å². The number of benzene rings is 1. The molecule has 0 aromatic heterocycles. The third-order valence-electron chi connectivity index (χ3n) is 2.78. The van der Waals surface area contributed by atoms with E-state index in [1.54, 1.807) is 6.07 Å². The first-order valence-electron chi connectivity index (χ1n) is 6.26. The van der Waals surface area contributed by atoms with Crippen molar-refractivity contribution in [3.8, 4) is 0 Å². The number of nitrogens with zero attached hydrogens (tertiary/aromatic N) is 1. The smallest absolute Gasteiger partial charge is 0.123 e. The van der Waals surface area contributed by atoms with Crippen molar-refractivity contribution in [3.63, 3.8) is 0 Å². The molecule has 0 aliphatic heterocycles. The largest absolute Gasteiger partial charge is 0.374 e. The predicted molar refractivity (Wildman–Crippen MR) is 80.0 cm³/mol. The van der Waals surface area contributed by atoms with Crippen LogP contribution in [0.15, 0.2) is 18.2 Å². The second kappa shape index (κ2) is 7.64. The highest BCUT2D eigenvalue weighted by Crippen LogP contribution is 2.21. The summed E-state index contributed by atoms with van der Waals surface area (Å²) in [7, 11) is 2.06. The lowest BCUT2D eigenvalue weighted by atomic mass is 10.1. The van der Waals surface area contributed by atoms with Gasteiger partial charge in [-0.3, -0.25) is 0 Å². The Bertz CT molecular complexity index is 369. The van der Waals surface area contributed by atoms with Crippen molar-refractivity contribution in [1.82, 2.24) is 5.32 Å². The van der Waals surface area contributed by atoms with Gasteiger partial charge in [-0.25, -0.2) is 4.39 Å². The summed E-state index contributed by atoms with van der Waals surface area (Å²) >= 11 is 1.82. The molecule has 0 bridgehead atoms. The molecular weight excluding hydrogens is 247 g/mol. The molecule has 18 heavy (non-hydrogen) atoms. The molecule has 0 spiro atoms. The Hall–Kier alpha value is -0.740. The van der Waals surface area contributed by atoms with Gasteiger partial charge >= 0.3 is 0 Å². The average Bonchev–Trinajstić information content (AvgIpc) is 2.33. The van der Waals surface area contributed by atoms with Crippen LogP contribution in [0.1, 0.15) is 19.4 Å². The summed E-state index contributed by atoms with van der Waals surface area (Å²) in [5.41, 5.74) is 2.13. The van der Waals surface area contributed by atoms with E-state index in [0.29, 0.717) is 12.6 Å². The van der Waals surface area contributed by atoms with Gasteiger partial charge in [0.1, 0.15) is 5.82 Å². The third kappa shape index (κ3) is 4.86. The van der Waals surface area contributed by atoms with Crippen LogP contribution in [-0.4, -0.2) is 31.6 Å². The first-order valence-corrected chi connectivity index (χ1v) is 7.66. The molecule has 0 unspecified atom stereocenters. The monoisotopic (exact) mass is 270 g/mol. The lowest BCUT2D eigenvalue weighted by Crippen LogP contribution is -2.26. The second-order valence-electron chi connectivity index (χ2n) is 4.72. The number of halogens is 1. The van der Waals surface area contributed by atoms with Gasteiger partial charge in [0, 0.05) is 37.6 Å². The Morgan fingerprint density at radius 2 is 2.11 bits per heavy atom. The molecular formula is C14H23FN2S. The molecule has 1 N–H and O–H groups in total. The SMILES string of the molecule is CSCCN(C)c1ccc(F)cc1CNC(C)C. The highest BCUT2D eigenvalue weighted by Gasteiger charge is 2.09. The van der Waals surface area contributed by atoms with Crippen LogP contribution < -0.4 is 10.2 Å².